The van der Waals surface area contributed by atoms with Gasteiger partial charge >= 0.3 is 5.97 Å². The van der Waals surface area contributed by atoms with Crippen LogP contribution in [-0.4, -0.2) is 29.4 Å². The number of aromatic carboxylic acids is 1. The van der Waals surface area contributed by atoms with E-state index >= 15 is 0 Å². The van der Waals surface area contributed by atoms with E-state index in [0.717, 1.165) is 18.6 Å². The van der Waals surface area contributed by atoms with Gasteiger partial charge in [0, 0.05) is 6.61 Å². The lowest BCUT2D eigenvalue weighted by Crippen LogP contribution is -2.02. The van der Waals surface area contributed by atoms with Gasteiger partial charge < -0.3 is 14.9 Å². The fourth-order valence-electron chi connectivity index (χ4n) is 1.36. The summed E-state index contributed by atoms with van der Waals surface area (Å²) >= 11 is 0. The number of aliphatic hydroxyl groups is 1. The molecule has 4 nitrogen and oxygen atoms in total. The van der Waals surface area contributed by atoms with Crippen molar-refractivity contribution in [1.82, 2.24) is 0 Å². The second-order valence-electron chi connectivity index (χ2n) is 5.77. The van der Waals surface area contributed by atoms with Gasteiger partial charge in [-0.2, -0.15) is 0 Å². The zero-order chi connectivity index (χ0) is 16.3. The molecule has 1 aromatic carbocycles. The van der Waals surface area contributed by atoms with Gasteiger partial charge in [-0.1, -0.05) is 27.7 Å². The Hall–Kier alpha value is -1.55. The minimum Gasteiger partial charge on any atom is -0.494 e. The average molecular weight is 296 g/mol. The molecule has 0 aliphatic rings. The second-order valence-corrected chi connectivity index (χ2v) is 5.77. The highest BCUT2D eigenvalue weighted by Gasteiger charge is 2.02. The normalized spacial score (nSPS) is 10.2. The fourth-order valence-corrected chi connectivity index (χ4v) is 1.36. The maximum Gasteiger partial charge on any atom is 0.335 e. The van der Waals surface area contributed by atoms with Gasteiger partial charge in [-0.15, -0.1) is 0 Å². The van der Waals surface area contributed by atoms with Crippen molar-refractivity contribution in [3.05, 3.63) is 29.8 Å². The highest BCUT2D eigenvalue weighted by molar-refractivity contribution is 5.87. The van der Waals surface area contributed by atoms with E-state index in [0.29, 0.717) is 25.0 Å². The topological polar surface area (TPSA) is 66.8 Å². The van der Waals surface area contributed by atoms with Gasteiger partial charge in [-0.05, 0) is 48.9 Å². The Labute approximate surface area is 127 Å². The van der Waals surface area contributed by atoms with Gasteiger partial charge in [-0.25, -0.2) is 4.79 Å². The SMILES string of the molecule is CC(C)CCO.CC(C)CCOc1ccc(C(=O)O)cc1. The smallest absolute Gasteiger partial charge is 0.335 e. The van der Waals surface area contributed by atoms with E-state index in [1.165, 1.54) is 0 Å². The van der Waals surface area contributed by atoms with E-state index in [1.54, 1.807) is 24.3 Å². The molecular weight excluding hydrogens is 268 g/mol. The van der Waals surface area contributed by atoms with Crippen LogP contribution in [-0.2, 0) is 0 Å². The molecule has 0 fully saturated rings. The fraction of sp³-hybridized carbons (Fsp3) is 0.588. The largest absolute Gasteiger partial charge is 0.494 e. The van der Waals surface area contributed by atoms with E-state index in [-0.39, 0.29) is 5.56 Å². The molecule has 0 aliphatic carbocycles. The maximum atomic E-state index is 10.6. The number of carbonyl (C=O) groups is 1. The van der Waals surface area contributed by atoms with Crippen LogP contribution in [0, 0.1) is 11.8 Å². The Kier molecular flexibility index (Phi) is 10.3. The second kappa shape index (κ2) is 11.1. The van der Waals surface area contributed by atoms with Crippen molar-refractivity contribution in [3.8, 4) is 5.75 Å². The van der Waals surface area contributed by atoms with Crippen LogP contribution in [0.5, 0.6) is 5.75 Å². The summed E-state index contributed by atoms with van der Waals surface area (Å²) in [6.45, 7) is 9.46. The van der Waals surface area contributed by atoms with Crippen LogP contribution in [0.4, 0.5) is 0 Å². The lowest BCUT2D eigenvalue weighted by molar-refractivity contribution is 0.0697. The summed E-state index contributed by atoms with van der Waals surface area (Å²) < 4.78 is 5.46. The van der Waals surface area contributed by atoms with Gasteiger partial charge in [0.15, 0.2) is 0 Å². The molecule has 0 aliphatic heterocycles. The Morgan fingerprint density at radius 2 is 1.57 bits per heavy atom. The van der Waals surface area contributed by atoms with Gasteiger partial charge in [0.05, 0.1) is 12.2 Å². The quantitative estimate of drug-likeness (QED) is 0.802. The molecule has 0 radical (unpaired) electrons. The van der Waals surface area contributed by atoms with Crippen molar-refractivity contribution in [2.24, 2.45) is 11.8 Å². The van der Waals surface area contributed by atoms with Gasteiger partial charge in [0.25, 0.3) is 0 Å². The van der Waals surface area contributed by atoms with Crippen LogP contribution in [0.25, 0.3) is 0 Å². The number of carboxylic acids is 1. The molecule has 0 amide bonds. The van der Waals surface area contributed by atoms with Gasteiger partial charge in [0.2, 0.25) is 0 Å². The first-order valence-electron chi connectivity index (χ1n) is 7.43. The number of hydrogen-bond acceptors (Lipinski definition) is 3. The molecule has 0 saturated carbocycles. The number of benzene rings is 1. The number of rotatable bonds is 7. The first-order chi connectivity index (χ1) is 9.86. The van der Waals surface area contributed by atoms with E-state index in [4.69, 9.17) is 14.9 Å². The van der Waals surface area contributed by atoms with Crippen LogP contribution in [0.2, 0.25) is 0 Å². The van der Waals surface area contributed by atoms with Crippen molar-refractivity contribution >= 4 is 5.97 Å². The first-order valence-corrected chi connectivity index (χ1v) is 7.43. The minimum absolute atomic E-state index is 0.284. The lowest BCUT2D eigenvalue weighted by atomic mass is 10.1. The van der Waals surface area contributed by atoms with Crippen molar-refractivity contribution in [1.29, 1.82) is 0 Å². The predicted molar refractivity (Wildman–Crippen MR) is 84.9 cm³/mol. The van der Waals surface area contributed by atoms with Gasteiger partial charge in [-0.3, -0.25) is 0 Å². The van der Waals surface area contributed by atoms with Crippen LogP contribution < -0.4 is 4.74 Å². The van der Waals surface area contributed by atoms with Crippen LogP contribution in [0.1, 0.15) is 50.9 Å². The van der Waals surface area contributed by atoms with E-state index < -0.39 is 5.97 Å². The first kappa shape index (κ1) is 19.4. The summed E-state index contributed by atoms with van der Waals surface area (Å²) in [4.78, 5) is 10.6. The third-order valence-electron chi connectivity index (χ3n) is 2.77. The molecule has 0 saturated heterocycles. The molecule has 0 unspecified atom stereocenters. The molecule has 1 aromatic rings. The number of aliphatic hydroxyl groups excluding tert-OH is 1. The highest BCUT2D eigenvalue weighted by Crippen LogP contribution is 2.13. The standard InChI is InChI=1S/C12H16O3.C5H12O/c1-9(2)7-8-15-11-5-3-10(4-6-11)12(13)14;1-5(2)3-4-6/h3-6,9H,7-8H2,1-2H3,(H,13,14);5-6H,3-4H2,1-2H3. The molecule has 21 heavy (non-hydrogen) atoms. The van der Waals surface area contributed by atoms with E-state index in [1.807, 2.05) is 0 Å². The zero-order valence-corrected chi connectivity index (χ0v) is 13.5. The summed E-state index contributed by atoms with van der Waals surface area (Å²) in [6, 6.07) is 6.47. The maximum absolute atomic E-state index is 10.6. The van der Waals surface area contributed by atoms with Crippen molar-refractivity contribution < 1.29 is 19.7 Å². The summed E-state index contributed by atoms with van der Waals surface area (Å²) in [5.41, 5.74) is 0.284. The molecule has 1 rings (SSSR count). The Morgan fingerprint density at radius 3 is 1.90 bits per heavy atom. The molecule has 0 aromatic heterocycles. The molecule has 0 heterocycles. The molecule has 0 spiro atoms. The Morgan fingerprint density at radius 1 is 1.05 bits per heavy atom. The lowest BCUT2D eigenvalue weighted by Gasteiger charge is -2.07. The monoisotopic (exact) mass is 296 g/mol. The number of ether oxygens (including phenoxy) is 1. The molecule has 2 N–H and O–H groups in total. The summed E-state index contributed by atoms with van der Waals surface area (Å²) in [7, 11) is 0. The number of hydrogen-bond donors (Lipinski definition) is 2. The Balaban J connectivity index is 0.000000567. The van der Waals surface area contributed by atoms with Crippen molar-refractivity contribution in [2.45, 2.75) is 40.5 Å². The molecule has 0 bridgehead atoms. The molecule has 4 heteroatoms. The van der Waals surface area contributed by atoms with Gasteiger partial charge in [0.1, 0.15) is 5.75 Å². The average Bonchev–Trinajstić information content (AvgIpc) is 2.39. The zero-order valence-electron chi connectivity index (χ0n) is 13.5. The minimum atomic E-state index is -0.913. The summed E-state index contributed by atoms with van der Waals surface area (Å²) in [6.07, 6.45) is 1.93. The van der Waals surface area contributed by atoms with Crippen LogP contribution in [0.3, 0.4) is 0 Å². The van der Waals surface area contributed by atoms with E-state index in [9.17, 15) is 4.79 Å². The molecule has 120 valence electrons. The summed E-state index contributed by atoms with van der Waals surface area (Å²) in [5, 5.41) is 16.9. The van der Waals surface area contributed by atoms with Crippen molar-refractivity contribution in [2.75, 3.05) is 13.2 Å². The molecule has 0 atom stereocenters. The third-order valence-corrected chi connectivity index (χ3v) is 2.77. The van der Waals surface area contributed by atoms with E-state index in [2.05, 4.69) is 27.7 Å². The number of carboxylic acid groups (broad SMARTS) is 1. The predicted octanol–water partition coefficient (Wildman–Crippen LogP) is 3.83. The van der Waals surface area contributed by atoms with Crippen LogP contribution >= 0.6 is 0 Å². The molecular formula is C17H28O4. The highest BCUT2D eigenvalue weighted by atomic mass is 16.5. The Bertz CT molecular complexity index is 382. The van der Waals surface area contributed by atoms with Crippen molar-refractivity contribution in [3.63, 3.8) is 0 Å². The van der Waals surface area contributed by atoms with Crippen LogP contribution in [0.15, 0.2) is 24.3 Å². The third kappa shape index (κ3) is 10.9. The summed E-state index contributed by atoms with van der Waals surface area (Å²) in [5.74, 6) is 1.07.